The number of hydrogen-bond donors (Lipinski definition) is 1. The van der Waals surface area contributed by atoms with Crippen LogP contribution in [0.25, 0.3) is 0 Å². The van der Waals surface area contributed by atoms with Crippen molar-refractivity contribution in [3.8, 4) is 5.75 Å². The van der Waals surface area contributed by atoms with E-state index < -0.39 is 6.04 Å². The zero-order valence-electron chi connectivity index (χ0n) is 20.3. The lowest BCUT2D eigenvalue weighted by Crippen LogP contribution is -2.52. The van der Waals surface area contributed by atoms with E-state index in [2.05, 4.69) is 18.3 Å². The molecule has 3 rings (SSSR count). The minimum Gasteiger partial charge on any atom is -0.484 e. The van der Waals surface area contributed by atoms with Gasteiger partial charge in [-0.1, -0.05) is 75.1 Å². The van der Waals surface area contributed by atoms with Crippen LogP contribution in [0.4, 0.5) is 0 Å². The number of nitrogens with zero attached hydrogens (tertiary/aromatic N) is 1. The first-order chi connectivity index (χ1) is 16.0. The molecule has 0 aromatic heterocycles. The van der Waals surface area contributed by atoms with Gasteiger partial charge in [0.2, 0.25) is 5.91 Å². The van der Waals surface area contributed by atoms with Gasteiger partial charge in [0.25, 0.3) is 5.91 Å². The zero-order chi connectivity index (χ0) is 23.6. The van der Waals surface area contributed by atoms with E-state index in [9.17, 15) is 9.59 Å². The second-order valence-electron chi connectivity index (χ2n) is 9.06. The Kier molecular flexibility index (Phi) is 9.35. The molecule has 2 aromatic carbocycles. The SMILES string of the molecule is CCc1ccc(OCC(=O)N(Cc2cccc(C)c2)[C@H](CC)C(=O)NC2CCCCC2)cc1. The van der Waals surface area contributed by atoms with E-state index in [1.54, 1.807) is 4.90 Å². The molecule has 1 N–H and O–H groups in total. The molecule has 0 heterocycles. The van der Waals surface area contributed by atoms with Gasteiger partial charge in [-0.25, -0.2) is 0 Å². The lowest BCUT2D eigenvalue weighted by atomic mass is 9.95. The second-order valence-corrected chi connectivity index (χ2v) is 9.06. The highest BCUT2D eigenvalue weighted by Crippen LogP contribution is 2.20. The minimum atomic E-state index is -0.522. The van der Waals surface area contributed by atoms with Gasteiger partial charge in [-0.05, 0) is 55.9 Å². The average molecular weight is 451 g/mol. The van der Waals surface area contributed by atoms with Crippen LogP contribution >= 0.6 is 0 Å². The lowest BCUT2D eigenvalue weighted by molar-refractivity contribution is -0.143. The van der Waals surface area contributed by atoms with Gasteiger partial charge in [-0.3, -0.25) is 9.59 Å². The Labute approximate surface area is 198 Å². The third-order valence-corrected chi connectivity index (χ3v) is 6.47. The smallest absolute Gasteiger partial charge is 0.261 e. The van der Waals surface area contributed by atoms with E-state index in [1.165, 1.54) is 12.0 Å². The molecule has 2 amide bonds. The van der Waals surface area contributed by atoms with Crippen LogP contribution < -0.4 is 10.1 Å². The fourth-order valence-corrected chi connectivity index (χ4v) is 4.52. The maximum Gasteiger partial charge on any atom is 0.261 e. The van der Waals surface area contributed by atoms with Crippen molar-refractivity contribution in [1.29, 1.82) is 0 Å². The molecule has 1 aliphatic carbocycles. The average Bonchev–Trinajstić information content (AvgIpc) is 2.83. The number of aryl methyl sites for hydroxylation is 2. The zero-order valence-corrected chi connectivity index (χ0v) is 20.3. The fourth-order valence-electron chi connectivity index (χ4n) is 4.52. The van der Waals surface area contributed by atoms with E-state index in [0.717, 1.165) is 43.2 Å². The summed E-state index contributed by atoms with van der Waals surface area (Å²) in [6.45, 7) is 6.39. The molecule has 0 bridgehead atoms. The molecule has 1 aliphatic rings. The molecule has 0 unspecified atom stereocenters. The molecule has 0 spiro atoms. The van der Waals surface area contributed by atoms with Crippen molar-refractivity contribution in [1.82, 2.24) is 10.2 Å². The van der Waals surface area contributed by atoms with Crippen molar-refractivity contribution in [3.63, 3.8) is 0 Å². The van der Waals surface area contributed by atoms with Crippen LogP contribution in [-0.4, -0.2) is 35.4 Å². The summed E-state index contributed by atoms with van der Waals surface area (Å²) in [4.78, 5) is 28.3. The molecule has 2 aromatic rings. The molecular formula is C28H38N2O3. The molecule has 1 saturated carbocycles. The highest BCUT2D eigenvalue weighted by Gasteiger charge is 2.30. The van der Waals surface area contributed by atoms with E-state index >= 15 is 0 Å². The van der Waals surface area contributed by atoms with Gasteiger partial charge in [0.1, 0.15) is 11.8 Å². The number of carbonyl (C=O) groups is 2. The first-order valence-corrected chi connectivity index (χ1v) is 12.4. The van der Waals surface area contributed by atoms with Gasteiger partial charge in [-0.2, -0.15) is 0 Å². The summed E-state index contributed by atoms with van der Waals surface area (Å²) in [6.07, 6.45) is 7.09. The fraction of sp³-hybridized carbons (Fsp3) is 0.500. The van der Waals surface area contributed by atoms with Crippen molar-refractivity contribution in [2.24, 2.45) is 0 Å². The summed E-state index contributed by atoms with van der Waals surface area (Å²) in [5.74, 6) is 0.426. The Morgan fingerprint density at radius 2 is 1.76 bits per heavy atom. The van der Waals surface area contributed by atoms with E-state index in [4.69, 9.17) is 4.74 Å². The molecular weight excluding hydrogens is 412 g/mol. The van der Waals surface area contributed by atoms with E-state index in [1.807, 2.05) is 56.3 Å². The summed E-state index contributed by atoms with van der Waals surface area (Å²) in [5, 5.41) is 3.22. The number of rotatable bonds is 10. The third kappa shape index (κ3) is 7.34. The van der Waals surface area contributed by atoms with Crippen LogP contribution in [-0.2, 0) is 22.6 Å². The standard InChI is InChI=1S/C28H38N2O3/c1-4-22-14-16-25(17-15-22)33-20-27(31)30(19-23-11-9-10-21(3)18-23)26(5-2)28(32)29-24-12-7-6-8-13-24/h9-11,14-18,24,26H,4-8,12-13,19-20H2,1-3H3,(H,29,32)/t26-/m1/s1. The van der Waals surface area contributed by atoms with Crippen molar-refractivity contribution >= 4 is 11.8 Å². The molecule has 0 radical (unpaired) electrons. The van der Waals surface area contributed by atoms with Crippen molar-refractivity contribution < 1.29 is 14.3 Å². The Bertz CT molecular complexity index is 904. The number of ether oxygens (including phenoxy) is 1. The van der Waals surface area contributed by atoms with E-state index in [0.29, 0.717) is 18.7 Å². The molecule has 178 valence electrons. The summed E-state index contributed by atoms with van der Waals surface area (Å²) < 4.78 is 5.81. The monoisotopic (exact) mass is 450 g/mol. The van der Waals surface area contributed by atoms with Gasteiger partial charge in [-0.15, -0.1) is 0 Å². The number of benzene rings is 2. The van der Waals surface area contributed by atoms with Gasteiger partial charge in [0.15, 0.2) is 6.61 Å². The van der Waals surface area contributed by atoms with Gasteiger partial charge in [0.05, 0.1) is 0 Å². The predicted molar refractivity (Wildman–Crippen MR) is 132 cm³/mol. The predicted octanol–water partition coefficient (Wildman–Crippen LogP) is 5.19. The van der Waals surface area contributed by atoms with Crippen LogP contribution in [0.15, 0.2) is 48.5 Å². The Balaban J connectivity index is 1.74. The van der Waals surface area contributed by atoms with Crippen molar-refractivity contribution in [2.75, 3.05) is 6.61 Å². The maximum absolute atomic E-state index is 13.3. The van der Waals surface area contributed by atoms with Crippen LogP contribution in [0.1, 0.15) is 69.1 Å². The topological polar surface area (TPSA) is 58.6 Å². The van der Waals surface area contributed by atoms with Crippen LogP contribution in [0.3, 0.4) is 0 Å². The largest absolute Gasteiger partial charge is 0.484 e. The molecule has 5 nitrogen and oxygen atoms in total. The quantitative estimate of drug-likeness (QED) is 0.542. The number of carbonyl (C=O) groups excluding carboxylic acids is 2. The van der Waals surface area contributed by atoms with Gasteiger partial charge in [0, 0.05) is 12.6 Å². The van der Waals surface area contributed by atoms with Crippen LogP contribution in [0.2, 0.25) is 0 Å². The van der Waals surface area contributed by atoms with Gasteiger partial charge >= 0.3 is 0 Å². The Hall–Kier alpha value is -2.82. The Morgan fingerprint density at radius 3 is 2.39 bits per heavy atom. The highest BCUT2D eigenvalue weighted by atomic mass is 16.5. The maximum atomic E-state index is 13.3. The third-order valence-electron chi connectivity index (χ3n) is 6.47. The van der Waals surface area contributed by atoms with Gasteiger partial charge < -0.3 is 15.0 Å². The van der Waals surface area contributed by atoms with Crippen molar-refractivity contribution in [3.05, 3.63) is 65.2 Å². The second kappa shape index (κ2) is 12.4. The Morgan fingerprint density at radius 1 is 1.03 bits per heavy atom. The molecule has 0 aliphatic heterocycles. The molecule has 0 saturated heterocycles. The number of nitrogens with one attached hydrogen (secondary N) is 1. The molecule has 1 atom stereocenters. The van der Waals surface area contributed by atoms with E-state index in [-0.39, 0.29) is 24.5 Å². The summed E-state index contributed by atoms with van der Waals surface area (Å²) >= 11 is 0. The first-order valence-electron chi connectivity index (χ1n) is 12.4. The van der Waals surface area contributed by atoms with Crippen LogP contribution in [0.5, 0.6) is 5.75 Å². The number of hydrogen-bond acceptors (Lipinski definition) is 3. The summed E-state index contributed by atoms with van der Waals surface area (Å²) in [5.41, 5.74) is 3.37. The first kappa shape index (κ1) is 24.8. The highest BCUT2D eigenvalue weighted by molar-refractivity contribution is 5.88. The van der Waals surface area contributed by atoms with Crippen LogP contribution in [0, 0.1) is 6.92 Å². The minimum absolute atomic E-state index is 0.0577. The number of amides is 2. The normalized spacial score (nSPS) is 15.0. The molecule has 1 fully saturated rings. The summed E-state index contributed by atoms with van der Waals surface area (Å²) in [6, 6.07) is 15.6. The van der Waals surface area contributed by atoms with Crippen molar-refractivity contribution in [2.45, 2.75) is 84.3 Å². The molecule has 5 heteroatoms. The lowest BCUT2D eigenvalue weighted by Gasteiger charge is -2.32. The molecule has 33 heavy (non-hydrogen) atoms. The summed E-state index contributed by atoms with van der Waals surface area (Å²) in [7, 11) is 0.